The molecule has 0 fully saturated rings. The van der Waals surface area contributed by atoms with Crippen LogP contribution in [-0.4, -0.2) is 32.7 Å². The van der Waals surface area contributed by atoms with Crippen LogP contribution in [0.15, 0.2) is 24.3 Å². The number of anilines is 1. The Morgan fingerprint density at radius 3 is 2.24 bits per heavy atom. The number of rotatable bonds is 6. The van der Waals surface area contributed by atoms with Crippen LogP contribution in [-0.2, 0) is 18.4 Å². The zero-order valence-corrected chi connectivity index (χ0v) is 16.4. The van der Waals surface area contributed by atoms with E-state index in [-0.39, 0.29) is 18.0 Å². The van der Waals surface area contributed by atoms with Crippen LogP contribution in [0.2, 0.25) is 0 Å². The number of carbonyl (C=O) groups is 1. The summed E-state index contributed by atoms with van der Waals surface area (Å²) in [6.07, 6.45) is 0. The highest BCUT2D eigenvalue weighted by atomic mass is 16.2. The number of amides is 1. The molecule has 25 heavy (non-hydrogen) atoms. The fourth-order valence-electron chi connectivity index (χ4n) is 3.03. The fraction of sp³-hybridized carbons (Fsp3) is 0.500. The summed E-state index contributed by atoms with van der Waals surface area (Å²) in [5.41, 5.74) is 5.38. The molecule has 0 unspecified atom stereocenters. The molecule has 0 aliphatic heterocycles. The van der Waals surface area contributed by atoms with E-state index in [2.05, 4.69) is 36.1 Å². The Morgan fingerprint density at radius 1 is 1.16 bits per heavy atom. The lowest BCUT2D eigenvalue weighted by Gasteiger charge is -2.32. The number of hydrogen-bond donors (Lipinski definition) is 1. The Bertz CT molecular complexity index is 731. The highest BCUT2D eigenvalue weighted by molar-refractivity contribution is 5.94. The maximum Gasteiger partial charge on any atom is 0.241 e. The number of carbonyl (C=O) groups excluding carboxylic acids is 1. The van der Waals surface area contributed by atoms with Gasteiger partial charge in [-0.15, -0.1) is 0 Å². The van der Waals surface area contributed by atoms with E-state index in [0.717, 1.165) is 17.1 Å². The molecule has 0 aliphatic carbocycles. The zero-order chi connectivity index (χ0) is 18.7. The third kappa shape index (κ3) is 4.48. The first kappa shape index (κ1) is 19.2. The van der Waals surface area contributed by atoms with E-state index in [0.29, 0.717) is 6.54 Å². The molecular formula is C20H30N4O. The monoisotopic (exact) mass is 342 g/mol. The fourth-order valence-corrected chi connectivity index (χ4v) is 3.03. The van der Waals surface area contributed by atoms with E-state index in [1.54, 1.807) is 0 Å². The van der Waals surface area contributed by atoms with Crippen molar-refractivity contribution in [3.05, 3.63) is 46.8 Å². The number of hydrogen-bond acceptors (Lipinski definition) is 3. The van der Waals surface area contributed by atoms with Crippen molar-refractivity contribution in [2.24, 2.45) is 7.05 Å². The van der Waals surface area contributed by atoms with Gasteiger partial charge in [-0.25, -0.2) is 0 Å². The lowest BCUT2D eigenvalue weighted by Crippen LogP contribution is -2.45. The summed E-state index contributed by atoms with van der Waals surface area (Å²) >= 11 is 0. The van der Waals surface area contributed by atoms with Crippen molar-refractivity contribution >= 4 is 11.6 Å². The van der Waals surface area contributed by atoms with Crippen molar-refractivity contribution in [3.8, 4) is 0 Å². The molecule has 1 aromatic carbocycles. The number of nitrogens with one attached hydrogen (secondary N) is 1. The first-order valence-corrected chi connectivity index (χ1v) is 8.83. The smallest absolute Gasteiger partial charge is 0.241 e. The van der Waals surface area contributed by atoms with Gasteiger partial charge in [-0.05, 0) is 53.7 Å². The second kappa shape index (κ2) is 7.83. The third-order valence-corrected chi connectivity index (χ3v) is 4.86. The molecule has 0 saturated carbocycles. The van der Waals surface area contributed by atoms with Gasteiger partial charge in [0.15, 0.2) is 0 Å². The van der Waals surface area contributed by atoms with E-state index in [1.807, 2.05) is 56.8 Å². The van der Waals surface area contributed by atoms with Gasteiger partial charge in [0.1, 0.15) is 0 Å². The molecule has 136 valence electrons. The molecule has 2 aromatic rings. The molecule has 5 nitrogen and oxygen atoms in total. The average Bonchev–Trinajstić information content (AvgIpc) is 2.79. The highest BCUT2D eigenvalue weighted by Gasteiger charge is 2.26. The van der Waals surface area contributed by atoms with E-state index < -0.39 is 0 Å². The van der Waals surface area contributed by atoms with Gasteiger partial charge in [0.2, 0.25) is 5.91 Å². The van der Waals surface area contributed by atoms with Gasteiger partial charge >= 0.3 is 0 Å². The molecule has 1 atom stereocenters. The van der Waals surface area contributed by atoms with Gasteiger partial charge in [-0.1, -0.05) is 17.7 Å². The van der Waals surface area contributed by atoms with Crippen molar-refractivity contribution in [2.75, 3.05) is 5.32 Å². The van der Waals surface area contributed by atoms with E-state index in [4.69, 9.17) is 0 Å². The molecule has 1 heterocycles. The molecule has 0 radical (unpaired) electrons. The minimum Gasteiger partial charge on any atom is -0.325 e. The molecule has 5 heteroatoms. The molecule has 0 bridgehead atoms. The molecule has 0 aliphatic rings. The zero-order valence-electron chi connectivity index (χ0n) is 16.4. The maximum atomic E-state index is 12.7. The summed E-state index contributed by atoms with van der Waals surface area (Å²) in [6.45, 7) is 13.1. The van der Waals surface area contributed by atoms with Crippen LogP contribution in [0.25, 0.3) is 0 Å². The van der Waals surface area contributed by atoms with Crippen LogP contribution in [0.3, 0.4) is 0 Å². The van der Waals surface area contributed by atoms with Crippen LogP contribution in [0, 0.1) is 20.8 Å². The lowest BCUT2D eigenvalue weighted by molar-refractivity contribution is -0.121. The van der Waals surface area contributed by atoms with Gasteiger partial charge in [0.25, 0.3) is 0 Å². The van der Waals surface area contributed by atoms with Crippen molar-refractivity contribution in [2.45, 2.75) is 60.2 Å². The summed E-state index contributed by atoms with van der Waals surface area (Å²) in [5.74, 6) is 0.0109. The topological polar surface area (TPSA) is 50.2 Å². The van der Waals surface area contributed by atoms with Crippen LogP contribution in [0.1, 0.15) is 43.3 Å². The molecule has 2 rings (SSSR count). The summed E-state index contributed by atoms with van der Waals surface area (Å²) in [7, 11) is 1.96. The minimum atomic E-state index is -0.236. The molecular weight excluding hydrogens is 312 g/mol. The summed E-state index contributed by atoms with van der Waals surface area (Å²) in [4.78, 5) is 14.9. The Hall–Kier alpha value is -2.14. The number of benzene rings is 1. The predicted octanol–water partition coefficient (Wildman–Crippen LogP) is 3.58. The highest BCUT2D eigenvalue weighted by Crippen LogP contribution is 2.19. The standard InChI is InChI=1S/C20H30N4O/c1-13(2)24(12-19-15(4)22-23(7)16(19)5)17(6)20(25)21-18-10-8-14(3)9-11-18/h8-11,13,17H,12H2,1-7H3,(H,21,25)/t17-/m0/s1. The van der Waals surface area contributed by atoms with Crippen LogP contribution in [0.4, 0.5) is 5.69 Å². The average molecular weight is 342 g/mol. The lowest BCUT2D eigenvalue weighted by atomic mass is 10.1. The summed E-state index contributed by atoms with van der Waals surface area (Å²) in [6, 6.07) is 7.90. The SMILES string of the molecule is Cc1ccc(NC(=O)[C@H](C)N(Cc2c(C)nn(C)c2C)C(C)C)cc1. The Labute approximate surface area is 151 Å². The van der Waals surface area contributed by atoms with Crippen molar-refractivity contribution in [1.29, 1.82) is 0 Å². The van der Waals surface area contributed by atoms with Crippen molar-refractivity contribution < 1.29 is 4.79 Å². The largest absolute Gasteiger partial charge is 0.325 e. The van der Waals surface area contributed by atoms with Gasteiger partial charge in [-0.2, -0.15) is 5.10 Å². The Morgan fingerprint density at radius 2 is 1.76 bits per heavy atom. The predicted molar refractivity (Wildman–Crippen MR) is 103 cm³/mol. The van der Waals surface area contributed by atoms with Crippen LogP contribution in [0.5, 0.6) is 0 Å². The molecule has 0 spiro atoms. The quantitative estimate of drug-likeness (QED) is 0.873. The van der Waals surface area contributed by atoms with Crippen molar-refractivity contribution in [1.82, 2.24) is 14.7 Å². The van der Waals surface area contributed by atoms with Gasteiger partial charge in [0.05, 0.1) is 11.7 Å². The first-order chi connectivity index (χ1) is 11.7. The second-order valence-corrected chi connectivity index (χ2v) is 7.07. The normalized spacial score (nSPS) is 12.7. The van der Waals surface area contributed by atoms with E-state index in [9.17, 15) is 4.79 Å². The van der Waals surface area contributed by atoms with E-state index >= 15 is 0 Å². The van der Waals surface area contributed by atoms with Gasteiger partial charge in [0, 0.05) is 36.6 Å². The molecule has 0 saturated heterocycles. The van der Waals surface area contributed by atoms with Gasteiger partial charge in [-0.3, -0.25) is 14.4 Å². The first-order valence-electron chi connectivity index (χ1n) is 8.83. The Balaban J connectivity index is 2.15. The minimum absolute atomic E-state index is 0.0109. The van der Waals surface area contributed by atoms with E-state index in [1.165, 1.54) is 11.1 Å². The number of aryl methyl sites for hydroxylation is 3. The summed E-state index contributed by atoms with van der Waals surface area (Å²) < 4.78 is 1.90. The maximum absolute atomic E-state index is 12.7. The van der Waals surface area contributed by atoms with Crippen molar-refractivity contribution in [3.63, 3.8) is 0 Å². The van der Waals surface area contributed by atoms with Crippen LogP contribution >= 0.6 is 0 Å². The third-order valence-electron chi connectivity index (χ3n) is 4.86. The van der Waals surface area contributed by atoms with Gasteiger partial charge < -0.3 is 5.32 Å². The number of aromatic nitrogens is 2. The van der Waals surface area contributed by atoms with Crippen LogP contribution < -0.4 is 5.32 Å². The summed E-state index contributed by atoms with van der Waals surface area (Å²) in [5, 5.41) is 7.52. The molecule has 1 N–H and O–H groups in total. The second-order valence-electron chi connectivity index (χ2n) is 7.07. The number of nitrogens with zero attached hydrogens (tertiary/aromatic N) is 3. The Kier molecular flexibility index (Phi) is 6.01. The molecule has 1 amide bonds. The molecule has 1 aromatic heterocycles.